The van der Waals surface area contributed by atoms with E-state index in [1.807, 2.05) is 0 Å². The molecule has 2 aliphatic heterocycles. The number of ether oxygens (including phenoxy) is 1. The van der Waals surface area contributed by atoms with Crippen molar-refractivity contribution in [1.29, 1.82) is 0 Å². The molecule has 2 unspecified atom stereocenters. The highest BCUT2D eigenvalue weighted by Gasteiger charge is 2.35. The van der Waals surface area contributed by atoms with E-state index in [0.29, 0.717) is 12.0 Å². The third kappa shape index (κ3) is 2.44. The molecule has 0 aromatic heterocycles. The molecule has 0 saturated carbocycles. The van der Waals surface area contributed by atoms with Crippen molar-refractivity contribution in [1.82, 2.24) is 5.32 Å². The molecule has 92 valence electrons. The maximum atomic E-state index is 12.7. The molecule has 0 aliphatic carbocycles. The number of rotatable bonds is 3. The zero-order valence-electron chi connectivity index (χ0n) is 9.86. The quantitative estimate of drug-likeness (QED) is 0.869. The van der Waals surface area contributed by atoms with Gasteiger partial charge in [-0.2, -0.15) is 0 Å². The predicted molar refractivity (Wildman–Crippen MR) is 64.6 cm³/mol. The van der Waals surface area contributed by atoms with Crippen molar-refractivity contribution in [3.8, 4) is 5.75 Å². The van der Waals surface area contributed by atoms with Crippen molar-refractivity contribution < 1.29 is 9.13 Å². The molecule has 3 atom stereocenters. The second-order valence-electron chi connectivity index (χ2n) is 5.15. The normalized spacial score (nSPS) is 31.5. The third-order valence-electron chi connectivity index (χ3n) is 4.01. The molecule has 17 heavy (non-hydrogen) atoms. The number of hydrogen-bond acceptors (Lipinski definition) is 2. The molecule has 3 heteroatoms. The molecule has 1 aromatic carbocycles. The van der Waals surface area contributed by atoms with Crippen LogP contribution in [0.15, 0.2) is 24.3 Å². The zero-order chi connectivity index (χ0) is 11.7. The molecule has 0 amide bonds. The van der Waals surface area contributed by atoms with Crippen LogP contribution < -0.4 is 10.1 Å². The molecule has 2 bridgehead atoms. The highest BCUT2D eigenvalue weighted by Crippen LogP contribution is 2.31. The van der Waals surface area contributed by atoms with Crippen molar-refractivity contribution in [3.63, 3.8) is 0 Å². The van der Waals surface area contributed by atoms with Crippen molar-refractivity contribution in [3.05, 3.63) is 30.1 Å². The van der Waals surface area contributed by atoms with E-state index in [1.165, 1.54) is 37.8 Å². The van der Waals surface area contributed by atoms with Crippen LogP contribution in [0.3, 0.4) is 0 Å². The Morgan fingerprint density at radius 2 is 1.88 bits per heavy atom. The number of nitrogens with one attached hydrogen (secondary N) is 1. The monoisotopic (exact) mass is 235 g/mol. The Balaban J connectivity index is 1.55. The molecule has 2 heterocycles. The summed E-state index contributed by atoms with van der Waals surface area (Å²) in [6.45, 7) is 0.746. The number of halogens is 1. The van der Waals surface area contributed by atoms with Crippen LogP contribution in [0.1, 0.15) is 25.7 Å². The fourth-order valence-electron chi connectivity index (χ4n) is 3.00. The van der Waals surface area contributed by atoms with Gasteiger partial charge in [-0.3, -0.25) is 0 Å². The van der Waals surface area contributed by atoms with Gasteiger partial charge in [-0.25, -0.2) is 4.39 Å². The zero-order valence-corrected chi connectivity index (χ0v) is 9.86. The van der Waals surface area contributed by atoms with Gasteiger partial charge in [0.15, 0.2) is 0 Å². The third-order valence-corrected chi connectivity index (χ3v) is 4.01. The lowest BCUT2D eigenvalue weighted by atomic mass is 9.93. The number of fused-ring (bicyclic) bond motifs is 2. The molecule has 3 rings (SSSR count). The van der Waals surface area contributed by atoms with Gasteiger partial charge in [0.05, 0.1) is 6.61 Å². The summed E-state index contributed by atoms with van der Waals surface area (Å²) in [4.78, 5) is 0. The lowest BCUT2D eigenvalue weighted by molar-refractivity contribution is 0.182. The Morgan fingerprint density at radius 1 is 1.12 bits per heavy atom. The first kappa shape index (κ1) is 11.0. The maximum Gasteiger partial charge on any atom is 0.123 e. The van der Waals surface area contributed by atoms with Crippen LogP contribution >= 0.6 is 0 Å². The molecule has 2 aliphatic rings. The minimum atomic E-state index is -0.213. The summed E-state index contributed by atoms with van der Waals surface area (Å²) in [5.74, 6) is 1.17. The van der Waals surface area contributed by atoms with Crippen LogP contribution in [-0.4, -0.2) is 18.7 Å². The van der Waals surface area contributed by atoms with Gasteiger partial charge in [0.2, 0.25) is 0 Å². The summed E-state index contributed by atoms with van der Waals surface area (Å²) in [5, 5.41) is 3.65. The lowest BCUT2D eigenvalue weighted by Crippen LogP contribution is -2.42. The summed E-state index contributed by atoms with van der Waals surface area (Å²) in [5.41, 5.74) is 0. The Bertz CT molecular complexity index is 378. The lowest BCUT2D eigenvalue weighted by Gasteiger charge is -2.30. The average molecular weight is 235 g/mol. The van der Waals surface area contributed by atoms with Gasteiger partial charge in [0.1, 0.15) is 11.6 Å². The van der Waals surface area contributed by atoms with E-state index < -0.39 is 0 Å². The smallest absolute Gasteiger partial charge is 0.123 e. The van der Waals surface area contributed by atoms with Crippen molar-refractivity contribution in [2.24, 2.45) is 5.92 Å². The first-order chi connectivity index (χ1) is 8.31. The van der Waals surface area contributed by atoms with Gasteiger partial charge < -0.3 is 10.1 Å². The highest BCUT2D eigenvalue weighted by atomic mass is 19.1. The predicted octanol–water partition coefficient (Wildman–Crippen LogP) is 2.74. The second kappa shape index (κ2) is 4.65. The van der Waals surface area contributed by atoms with Crippen LogP contribution in [0.4, 0.5) is 4.39 Å². The Labute approximate surface area is 101 Å². The van der Waals surface area contributed by atoms with E-state index in [-0.39, 0.29) is 5.82 Å². The molecule has 2 fully saturated rings. The van der Waals surface area contributed by atoms with Crippen molar-refractivity contribution in [2.45, 2.75) is 37.8 Å². The van der Waals surface area contributed by atoms with E-state index >= 15 is 0 Å². The van der Waals surface area contributed by atoms with Gasteiger partial charge in [-0.1, -0.05) is 0 Å². The SMILES string of the molecule is Fc1ccc(OC[C@@H]2CCC3CCC2N3)cc1. The van der Waals surface area contributed by atoms with Crippen molar-refractivity contribution in [2.75, 3.05) is 6.61 Å². The first-order valence-electron chi connectivity index (χ1n) is 6.46. The van der Waals surface area contributed by atoms with Gasteiger partial charge in [0, 0.05) is 18.0 Å². The van der Waals surface area contributed by atoms with Gasteiger partial charge in [0.25, 0.3) is 0 Å². The Hall–Kier alpha value is -1.09. The number of hydrogen-bond donors (Lipinski definition) is 1. The van der Waals surface area contributed by atoms with Gasteiger partial charge >= 0.3 is 0 Å². The molecule has 2 saturated heterocycles. The molecular weight excluding hydrogens is 217 g/mol. The van der Waals surface area contributed by atoms with E-state index in [9.17, 15) is 4.39 Å². The molecule has 0 radical (unpaired) electrons. The Morgan fingerprint density at radius 3 is 2.71 bits per heavy atom. The standard InChI is InChI=1S/C14H18FNO/c15-11-2-6-13(7-3-11)17-9-10-1-4-12-5-8-14(10)16-12/h2-3,6-7,10,12,14,16H,1,4-5,8-9H2/t10-,12?,14?/m0/s1. The van der Waals surface area contributed by atoms with E-state index in [2.05, 4.69) is 5.32 Å². The summed E-state index contributed by atoms with van der Waals surface area (Å²) in [6.07, 6.45) is 5.12. The number of benzene rings is 1. The molecule has 1 N–H and O–H groups in total. The first-order valence-corrected chi connectivity index (χ1v) is 6.46. The van der Waals surface area contributed by atoms with Crippen LogP contribution in [0, 0.1) is 11.7 Å². The summed E-state index contributed by atoms with van der Waals surface area (Å²) >= 11 is 0. The Kier molecular flexibility index (Phi) is 3.02. The molecule has 2 nitrogen and oxygen atoms in total. The fourth-order valence-corrected chi connectivity index (χ4v) is 3.00. The number of piperidine rings is 1. The topological polar surface area (TPSA) is 21.3 Å². The summed E-state index contributed by atoms with van der Waals surface area (Å²) in [7, 11) is 0. The maximum absolute atomic E-state index is 12.7. The highest BCUT2D eigenvalue weighted by molar-refractivity contribution is 5.22. The molecular formula is C14H18FNO. The van der Waals surface area contributed by atoms with Gasteiger partial charge in [-0.05, 0) is 49.9 Å². The largest absolute Gasteiger partial charge is 0.493 e. The minimum absolute atomic E-state index is 0.213. The average Bonchev–Trinajstić information content (AvgIpc) is 2.73. The summed E-state index contributed by atoms with van der Waals surface area (Å²) in [6, 6.07) is 7.67. The van der Waals surface area contributed by atoms with Crippen LogP contribution in [0.2, 0.25) is 0 Å². The van der Waals surface area contributed by atoms with Crippen LogP contribution in [0.25, 0.3) is 0 Å². The van der Waals surface area contributed by atoms with Crippen LogP contribution in [0.5, 0.6) is 5.75 Å². The fraction of sp³-hybridized carbons (Fsp3) is 0.571. The van der Waals surface area contributed by atoms with E-state index in [0.717, 1.165) is 18.4 Å². The second-order valence-corrected chi connectivity index (χ2v) is 5.15. The molecule has 1 aromatic rings. The van der Waals surface area contributed by atoms with Gasteiger partial charge in [-0.15, -0.1) is 0 Å². The summed E-state index contributed by atoms with van der Waals surface area (Å²) < 4.78 is 18.5. The minimum Gasteiger partial charge on any atom is -0.493 e. The molecule has 0 spiro atoms. The van der Waals surface area contributed by atoms with E-state index in [1.54, 1.807) is 12.1 Å². The van der Waals surface area contributed by atoms with E-state index in [4.69, 9.17) is 4.74 Å². The van der Waals surface area contributed by atoms with Crippen molar-refractivity contribution >= 4 is 0 Å². The van der Waals surface area contributed by atoms with Crippen LogP contribution in [-0.2, 0) is 0 Å².